The normalized spacial score (nSPS) is 24.0. The molecular weight excluding hydrogens is 310 g/mol. The maximum atomic E-state index is 9.46. The highest BCUT2D eigenvalue weighted by Crippen LogP contribution is 2.56. The van der Waals surface area contributed by atoms with Gasteiger partial charge in [0.05, 0.1) is 17.4 Å². The molecule has 0 saturated carbocycles. The Labute approximate surface area is 145 Å². The smallest absolute Gasteiger partial charge is 0.0828 e. The van der Waals surface area contributed by atoms with Crippen molar-refractivity contribution in [1.29, 1.82) is 0 Å². The summed E-state index contributed by atoms with van der Waals surface area (Å²) in [5.74, 6) is 0. The molecule has 2 aliphatic carbocycles. The van der Waals surface area contributed by atoms with Gasteiger partial charge in [-0.2, -0.15) is 5.10 Å². The van der Waals surface area contributed by atoms with Crippen LogP contribution in [0.25, 0.3) is 16.5 Å². The topological polar surface area (TPSA) is 61.3 Å². The van der Waals surface area contributed by atoms with E-state index in [0.717, 1.165) is 36.1 Å². The highest BCUT2D eigenvalue weighted by molar-refractivity contribution is 6.11. The first-order chi connectivity index (χ1) is 12.2. The van der Waals surface area contributed by atoms with Crippen LogP contribution in [-0.4, -0.2) is 21.1 Å². The Bertz CT molecular complexity index is 1050. The van der Waals surface area contributed by atoms with E-state index in [1.165, 1.54) is 27.6 Å². The van der Waals surface area contributed by atoms with Crippen LogP contribution in [0.2, 0.25) is 0 Å². The number of rotatable bonds is 1. The lowest BCUT2D eigenvalue weighted by Crippen LogP contribution is -2.32. The van der Waals surface area contributed by atoms with Gasteiger partial charge in [0, 0.05) is 10.8 Å². The number of fused-ring (bicyclic) bond motifs is 5. The van der Waals surface area contributed by atoms with Crippen molar-refractivity contribution >= 4 is 22.2 Å². The van der Waals surface area contributed by atoms with Crippen molar-refractivity contribution in [2.24, 2.45) is 5.16 Å². The minimum Gasteiger partial charge on any atom is -0.411 e. The number of H-pyrrole nitrogens is 1. The first-order valence-corrected chi connectivity index (χ1v) is 8.68. The number of oxime groups is 1. The van der Waals surface area contributed by atoms with Crippen LogP contribution in [0.5, 0.6) is 0 Å². The molecular formula is C21H19N3O. The van der Waals surface area contributed by atoms with Gasteiger partial charge in [-0.1, -0.05) is 41.6 Å². The number of nitrogens with zero attached hydrogens (tertiary/aromatic N) is 2. The van der Waals surface area contributed by atoms with Gasteiger partial charge in [0.15, 0.2) is 0 Å². The van der Waals surface area contributed by atoms with E-state index < -0.39 is 0 Å². The molecule has 0 saturated heterocycles. The molecule has 0 spiro atoms. The van der Waals surface area contributed by atoms with E-state index in [0.29, 0.717) is 0 Å². The van der Waals surface area contributed by atoms with E-state index >= 15 is 0 Å². The Morgan fingerprint density at radius 1 is 1.16 bits per heavy atom. The summed E-state index contributed by atoms with van der Waals surface area (Å²) in [7, 11) is 0. The average Bonchev–Trinajstić information content (AvgIpc) is 3.25. The van der Waals surface area contributed by atoms with Gasteiger partial charge in [-0.3, -0.25) is 5.10 Å². The predicted molar refractivity (Wildman–Crippen MR) is 99.0 cm³/mol. The zero-order valence-electron chi connectivity index (χ0n) is 14.1. The number of aromatic nitrogens is 2. The first kappa shape index (κ1) is 14.5. The summed E-state index contributed by atoms with van der Waals surface area (Å²) in [6, 6.07) is 15.1. The fraction of sp³-hybridized carbons (Fsp3) is 0.238. The van der Waals surface area contributed by atoms with Crippen molar-refractivity contribution in [3.05, 3.63) is 70.9 Å². The Hall–Kier alpha value is -2.88. The third-order valence-electron chi connectivity index (χ3n) is 6.01. The molecule has 0 amide bonds. The number of hydrogen-bond donors (Lipinski definition) is 2. The second kappa shape index (κ2) is 5.06. The van der Waals surface area contributed by atoms with E-state index in [1.54, 1.807) is 0 Å². The van der Waals surface area contributed by atoms with Crippen molar-refractivity contribution in [2.75, 3.05) is 0 Å². The lowest BCUT2D eigenvalue weighted by molar-refractivity contribution is 0.316. The van der Waals surface area contributed by atoms with E-state index in [1.807, 2.05) is 6.20 Å². The molecule has 1 aromatic heterocycles. The fourth-order valence-electron chi connectivity index (χ4n) is 4.86. The van der Waals surface area contributed by atoms with Crippen LogP contribution in [0.4, 0.5) is 0 Å². The largest absolute Gasteiger partial charge is 0.411 e. The van der Waals surface area contributed by atoms with E-state index in [2.05, 4.69) is 64.7 Å². The Morgan fingerprint density at radius 2 is 2.00 bits per heavy atom. The molecule has 0 fully saturated rings. The van der Waals surface area contributed by atoms with Gasteiger partial charge in [-0.15, -0.1) is 0 Å². The molecule has 124 valence electrons. The average molecular weight is 329 g/mol. The summed E-state index contributed by atoms with van der Waals surface area (Å²) in [4.78, 5) is 0. The van der Waals surface area contributed by atoms with Gasteiger partial charge in [0.25, 0.3) is 0 Å². The summed E-state index contributed by atoms with van der Waals surface area (Å²) in [5, 5.41) is 21.6. The molecule has 0 aliphatic heterocycles. The van der Waals surface area contributed by atoms with Crippen molar-refractivity contribution in [3.63, 3.8) is 0 Å². The molecule has 1 unspecified atom stereocenters. The standard InChI is InChI=1S/C21H19N3O/c1-13-18(24-25)9-10-21(14-5-3-2-4-6-14)11-16-15(20(13)21)7-8-19-17(16)12-22-23-19/h2-8,12,25H,9-11H2,1H3,(H,22,23)/b24-18-. The molecule has 5 rings (SSSR count). The molecule has 25 heavy (non-hydrogen) atoms. The summed E-state index contributed by atoms with van der Waals surface area (Å²) < 4.78 is 0. The molecule has 4 heteroatoms. The SMILES string of the molecule is CC1=C2c3ccc4[nH]ncc4c3CC2(c2ccccc2)CC/C1=N/O. The Kier molecular flexibility index (Phi) is 2.93. The minimum absolute atomic E-state index is 0.0482. The molecule has 1 heterocycles. The van der Waals surface area contributed by atoms with Crippen LogP contribution in [0.15, 0.2) is 59.4 Å². The van der Waals surface area contributed by atoms with Crippen molar-refractivity contribution < 1.29 is 5.21 Å². The molecule has 4 nitrogen and oxygen atoms in total. The van der Waals surface area contributed by atoms with Crippen LogP contribution in [-0.2, 0) is 11.8 Å². The van der Waals surface area contributed by atoms with Crippen molar-refractivity contribution in [1.82, 2.24) is 10.2 Å². The summed E-state index contributed by atoms with van der Waals surface area (Å²) in [5.41, 5.74) is 8.23. The summed E-state index contributed by atoms with van der Waals surface area (Å²) in [6.45, 7) is 2.09. The van der Waals surface area contributed by atoms with Crippen molar-refractivity contribution in [2.45, 2.75) is 31.6 Å². The number of benzene rings is 2. The van der Waals surface area contributed by atoms with Gasteiger partial charge in [-0.05, 0) is 60.1 Å². The van der Waals surface area contributed by atoms with Crippen LogP contribution >= 0.6 is 0 Å². The summed E-state index contributed by atoms with van der Waals surface area (Å²) >= 11 is 0. The van der Waals surface area contributed by atoms with Crippen LogP contribution < -0.4 is 0 Å². The van der Waals surface area contributed by atoms with E-state index in [9.17, 15) is 5.21 Å². The van der Waals surface area contributed by atoms with Gasteiger partial charge in [0.2, 0.25) is 0 Å². The third-order valence-corrected chi connectivity index (χ3v) is 6.01. The van der Waals surface area contributed by atoms with Gasteiger partial charge in [-0.25, -0.2) is 0 Å². The predicted octanol–water partition coefficient (Wildman–Crippen LogP) is 4.45. The first-order valence-electron chi connectivity index (χ1n) is 8.68. The molecule has 0 bridgehead atoms. The van der Waals surface area contributed by atoms with Crippen LogP contribution in [0.3, 0.4) is 0 Å². The monoisotopic (exact) mass is 329 g/mol. The van der Waals surface area contributed by atoms with E-state index in [-0.39, 0.29) is 5.41 Å². The minimum atomic E-state index is -0.0482. The Balaban J connectivity index is 1.86. The Morgan fingerprint density at radius 3 is 2.80 bits per heavy atom. The van der Waals surface area contributed by atoms with E-state index in [4.69, 9.17) is 0 Å². The molecule has 1 atom stereocenters. The lowest BCUT2D eigenvalue weighted by atomic mass is 9.66. The zero-order valence-corrected chi connectivity index (χ0v) is 14.1. The molecule has 3 aromatic rings. The van der Waals surface area contributed by atoms with Crippen LogP contribution in [0.1, 0.15) is 36.5 Å². The molecule has 0 radical (unpaired) electrons. The maximum absolute atomic E-state index is 9.46. The molecule has 2 aromatic carbocycles. The summed E-state index contributed by atoms with van der Waals surface area (Å²) in [6.07, 6.45) is 4.65. The number of hydrogen-bond acceptors (Lipinski definition) is 3. The number of aromatic amines is 1. The fourth-order valence-corrected chi connectivity index (χ4v) is 4.86. The van der Waals surface area contributed by atoms with Gasteiger partial charge < -0.3 is 5.21 Å². The van der Waals surface area contributed by atoms with Crippen molar-refractivity contribution in [3.8, 4) is 0 Å². The highest BCUT2D eigenvalue weighted by atomic mass is 16.4. The second-order valence-electron chi connectivity index (χ2n) is 7.09. The van der Waals surface area contributed by atoms with Crippen LogP contribution in [0, 0.1) is 0 Å². The highest BCUT2D eigenvalue weighted by Gasteiger charge is 2.47. The van der Waals surface area contributed by atoms with Gasteiger partial charge >= 0.3 is 0 Å². The molecule has 2 N–H and O–H groups in total. The maximum Gasteiger partial charge on any atom is 0.0828 e. The number of allylic oxidation sites excluding steroid dienone is 2. The number of nitrogens with one attached hydrogen (secondary N) is 1. The lowest BCUT2D eigenvalue weighted by Gasteiger charge is -2.37. The molecule has 2 aliphatic rings. The third kappa shape index (κ3) is 1.82. The quantitative estimate of drug-likeness (QED) is 0.511. The zero-order chi connectivity index (χ0) is 17.0. The second-order valence-corrected chi connectivity index (χ2v) is 7.09. The van der Waals surface area contributed by atoms with Gasteiger partial charge in [0.1, 0.15) is 0 Å².